The van der Waals surface area contributed by atoms with Crippen LogP contribution in [0.3, 0.4) is 0 Å². The fourth-order valence-electron chi connectivity index (χ4n) is 2.46. The normalized spacial score (nSPS) is 10.9. The van der Waals surface area contributed by atoms with Crippen molar-refractivity contribution in [1.29, 1.82) is 0 Å². The third-order valence-corrected chi connectivity index (χ3v) is 4.40. The summed E-state index contributed by atoms with van der Waals surface area (Å²) in [6.07, 6.45) is 1.69. The molecule has 3 rings (SSSR count). The zero-order valence-corrected chi connectivity index (χ0v) is 15.8. The molecule has 0 saturated heterocycles. The molecule has 5 nitrogen and oxygen atoms in total. The lowest BCUT2D eigenvalue weighted by molar-refractivity contribution is -0.120. The summed E-state index contributed by atoms with van der Waals surface area (Å²) in [4.78, 5) is 12.0. The number of nitrogens with zero attached hydrogens (tertiary/aromatic N) is 1. The van der Waals surface area contributed by atoms with E-state index in [0.717, 1.165) is 22.4 Å². The molecular weight excluding hydrogens is 364 g/mol. The van der Waals surface area contributed by atoms with Gasteiger partial charge in [0, 0.05) is 10.6 Å². The number of aryl methyl sites for hydroxylation is 1. The predicted octanol–water partition coefficient (Wildman–Crippen LogP) is 4.61. The van der Waals surface area contributed by atoms with Crippen LogP contribution in [0.2, 0.25) is 5.02 Å². The number of methoxy groups -OCH3 is 1. The zero-order chi connectivity index (χ0) is 19.2. The van der Waals surface area contributed by atoms with Gasteiger partial charge >= 0.3 is 0 Å². The van der Waals surface area contributed by atoms with Crippen LogP contribution >= 0.6 is 11.6 Å². The molecule has 0 aliphatic rings. The largest absolute Gasteiger partial charge is 0.497 e. The van der Waals surface area contributed by atoms with Gasteiger partial charge in [-0.2, -0.15) is 5.10 Å². The number of ether oxygens (including phenoxy) is 1. The highest BCUT2D eigenvalue weighted by atomic mass is 35.5. The lowest BCUT2D eigenvalue weighted by Gasteiger charge is -2.02. The molecule has 1 aromatic heterocycles. The number of hydrogen-bond donors (Lipinski definition) is 1. The van der Waals surface area contributed by atoms with Crippen LogP contribution in [-0.4, -0.2) is 19.2 Å². The average molecular weight is 383 g/mol. The Morgan fingerprint density at radius 2 is 1.96 bits per heavy atom. The molecule has 0 aliphatic carbocycles. The molecule has 1 amide bonds. The van der Waals surface area contributed by atoms with Crippen LogP contribution in [0, 0.1) is 6.92 Å². The van der Waals surface area contributed by atoms with E-state index in [0.29, 0.717) is 16.5 Å². The van der Waals surface area contributed by atoms with Crippen molar-refractivity contribution < 1.29 is 13.9 Å². The molecule has 0 bridgehead atoms. The minimum atomic E-state index is -0.214. The highest BCUT2D eigenvalue weighted by Crippen LogP contribution is 2.26. The van der Waals surface area contributed by atoms with E-state index in [2.05, 4.69) is 10.5 Å². The SMILES string of the molecule is COc1ccc(CC(=O)N/N=C\c2ccc(-c3ccc(C)c(Cl)c3)o2)cc1. The van der Waals surface area contributed by atoms with Gasteiger partial charge in [0.05, 0.1) is 19.7 Å². The number of hydrogen-bond acceptors (Lipinski definition) is 4. The van der Waals surface area contributed by atoms with E-state index in [4.69, 9.17) is 20.8 Å². The highest BCUT2D eigenvalue weighted by Gasteiger charge is 2.06. The number of carbonyl (C=O) groups excluding carboxylic acids is 1. The number of halogens is 1. The number of amides is 1. The van der Waals surface area contributed by atoms with Gasteiger partial charge in [-0.1, -0.05) is 35.9 Å². The second-order valence-electron chi connectivity index (χ2n) is 5.98. The third-order valence-electron chi connectivity index (χ3n) is 3.99. The van der Waals surface area contributed by atoms with Crippen molar-refractivity contribution in [3.63, 3.8) is 0 Å². The molecule has 0 spiro atoms. The summed E-state index contributed by atoms with van der Waals surface area (Å²) in [5, 5.41) is 4.63. The van der Waals surface area contributed by atoms with Crippen molar-refractivity contribution >= 4 is 23.7 Å². The van der Waals surface area contributed by atoms with Crippen LogP contribution in [0.25, 0.3) is 11.3 Å². The van der Waals surface area contributed by atoms with Crippen LogP contribution in [0.5, 0.6) is 5.75 Å². The molecule has 0 fully saturated rings. The molecular formula is C21H19ClN2O3. The van der Waals surface area contributed by atoms with Gasteiger partial charge in [0.25, 0.3) is 0 Å². The van der Waals surface area contributed by atoms with Gasteiger partial charge in [0.1, 0.15) is 17.3 Å². The van der Waals surface area contributed by atoms with Crippen LogP contribution in [0.15, 0.2) is 64.1 Å². The first-order valence-electron chi connectivity index (χ1n) is 8.36. The molecule has 6 heteroatoms. The van der Waals surface area contributed by atoms with Gasteiger partial charge in [0.15, 0.2) is 0 Å². The maximum Gasteiger partial charge on any atom is 0.244 e. The number of carbonyl (C=O) groups is 1. The smallest absolute Gasteiger partial charge is 0.244 e. The third kappa shape index (κ3) is 4.99. The second-order valence-corrected chi connectivity index (χ2v) is 6.39. The Bertz CT molecular complexity index is 962. The first kappa shape index (κ1) is 18.7. The van der Waals surface area contributed by atoms with Crippen LogP contribution in [0.1, 0.15) is 16.9 Å². The van der Waals surface area contributed by atoms with Gasteiger partial charge in [-0.3, -0.25) is 4.79 Å². The van der Waals surface area contributed by atoms with Crippen LogP contribution in [-0.2, 0) is 11.2 Å². The number of nitrogens with one attached hydrogen (secondary N) is 1. The first-order valence-corrected chi connectivity index (χ1v) is 8.74. The van der Waals surface area contributed by atoms with Gasteiger partial charge in [0.2, 0.25) is 5.91 Å². The second kappa shape index (κ2) is 8.56. The van der Waals surface area contributed by atoms with E-state index in [1.54, 1.807) is 13.2 Å². The zero-order valence-electron chi connectivity index (χ0n) is 15.0. The van der Waals surface area contributed by atoms with Crippen molar-refractivity contribution in [3.8, 4) is 17.1 Å². The van der Waals surface area contributed by atoms with E-state index in [-0.39, 0.29) is 12.3 Å². The molecule has 0 atom stereocenters. The summed E-state index contributed by atoms with van der Waals surface area (Å²) in [6.45, 7) is 1.95. The topological polar surface area (TPSA) is 63.8 Å². The Kier molecular flexibility index (Phi) is 5.94. The average Bonchev–Trinajstić information content (AvgIpc) is 3.13. The molecule has 0 unspecified atom stereocenters. The summed E-state index contributed by atoms with van der Waals surface area (Å²) in [6, 6.07) is 16.7. The van der Waals surface area contributed by atoms with E-state index in [1.807, 2.05) is 55.5 Å². The lowest BCUT2D eigenvalue weighted by atomic mass is 10.1. The van der Waals surface area contributed by atoms with Crippen molar-refractivity contribution in [2.24, 2.45) is 5.10 Å². The van der Waals surface area contributed by atoms with Gasteiger partial charge in [-0.15, -0.1) is 0 Å². The maximum absolute atomic E-state index is 12.0. The van der Waals surface area contributed by atoms with E-state index in [9.17, 15) is 4.79 Å². The van der Waals surface area contributed by atoms with Gasteiger partial charge in [-0.25, -0.2) is 5.43 Å². The van der Waals surface area contributed by atoms with Crippen molar-refractivity contribution in [2.45, 2.75) is 13.3 Å². The molecule has 27 heavy (non-hydrogen) atoms. The summed E-state index contributed by atoms with van der Waals surface area (Å²) >= 11 is 6.15. The number of furan rings is 1. The summed E-state index contributed by atoms with van der Waals surface area (Å²) in [5.41, 5.74) is 5.26. The first-order chi connectivity index (χ1) is 13.0. The molecule has 0 radical (unpaired) electrons. The molecule has 138 valence electrons. The Hall–Kier alpha value is -3.05. The van der Waals surface area contributed by atoms with Gasteiger partial charge in [-0.05, 0) is 48.4 Å². The lowest BCUT2D eigenvalue weighted by Crippen LogP contribution is -2.19. The summed E-state index contributed by atoms with van der Waals surface area (Å²) in [5.74, 6) is 1.75. The van der Waals surface area contributed by atoms with Crippen molar-refractivity contribution in [3.05, 3.63) is 76.5 Å². The fraction of sp³-hybridized carbons (Fsp3) is 0.143. The Balaban J connectivity index is 1.57. The quantitative estimate of drug-likeness (QED) is 0.500. The number of rotatable bonds is 6. The highest BCUT2D eigenvalue weighted by molar-refractivity contribution is 6.31. The number of hydrazone groups is 1. The molecule has 3 aromatic rings. The molecule has 1 N–H and O–H groups in total. The molecule has 0 aliphatic heterocycles. The minimum absolute atomic E-state index is 0.214. The Morgan fingerprint density at radius 1 is 1.19 bits per heavy atom. The summed E-state index contributed by atoms with van der Waals surface area (Å²) in [7, 11) is 1.60. The van der Waals surface area contributed by atoms with E-state index >= 15 is 0 Å². The van der Waals surface area contributed by atoms with Gasteiger partial charge < -0.3 is 9.15 Å². The van der Waals surface area contributed by atoms with Crippen molar-refractivity contribution in [1.82, 2.24) is 5.43 Å². The maximum atomic E-state index is 12.0. The molecule has 1 heterocycles. The van der Waals surface area contributed by atoms with E-state index in [1.165, 1.54) is 6.21 Å². The Morgan fingerprint density at radius 3 is 2.67 bits per heavy atom. The Labute approximate surface area is 162 Å². The van der Waals surface area contributed by atoms with Crippen molar-refractivity contribution in [2.75, 3.05) is 7.11 Å². The summed E-state index contributed by atoms with van der Waals surface area (Å²) < 4.78 is 10.8. The molecule has 2 aromatic carbocycles. The minimum Gasteiger partial charge on any atom is -0.497 e. The van der Waals surface area contributed by atoms with E-state index < -0.39 is 0 Å². The monoisotopic (exact) mass is 382 g/mol. The molecule has 0 saturated carbocycles. The van der Waals surface area contributed by atoms with Crippen LogP contribution in [0.4, 0.5) is 0 Å². The predicted molar refractivity (Wildman–Crippen MR) is 106 cm³/mol. The standard InChI is InChI=1S/C21H19ClN2O3/c1-14-3-6-16(12-19(14)22)20-10-9-18(27-20)13-23-24-21(25)11-15-4-7-17(26-2)8-5-15/h3-10,12-13H,11H2,1-2H3,(H,24,25)/b23-13-. The fourth-order valence-corrected chi connectivity index (χ4v) is 2.64. The van der Waals surface area contributed by atoms with Crippen LogP contribution < -0.4 is 10.2 Å². The number of benzene rings is 2.